The zero-order chi connectivity index (χ0) is 16.4. The highest BCUT2D eigenvalue weighted by Crippen LogP contribution is 2.47. The Balaban J connectivity index is 1.82. The number of nitro groups is 1. The van der Waals surface area contributed by atoms with Gasteiger partial charge in [-0.2, -0.15) is 0 Å². The van der Waals surface area contributed by atoms with Gasteiger partial charge >= 0.3 is 0 Å². The first-order valence-corrected chi connectivity index (χ1v) is 8.30. The lowest BCUT2D eigenvalue weighted by Gasteiger charge is -2.40. The fourth-order valence-electron chi connectivity index (χ4n) is 4.07. The molecule has 1 spiro atoms. The van der Waals surface area contributed by atoms with Crippen molar-refractivity contribution in [2.75, 3.05) is 25.0 Å². The maximum Gasteiger partial charge on any atom is 0.293 e. The molecule has 0 aromatic heterocycles. The standard InChI is InChI=1S/C17H23N3O3/c1-18-16(21)13-4-5-14(15(12-13)20(22)23)19-10-8-17(9-11-19)6-2-3-7-17/h4-5,12H,2-3,6-11H2,1H3,(H,18,21). The molecule has 1 aromatic carbocycles. The van der Waals surface area contributed by atoms with Crippen molar-refractivity contribution in [3.8, 4) is 0 Å². The molecule has 0 atom stereocenters. The summed E-state index contributed by atoms with van der Waals surface area (Å²) in [4.78, 5) is 24.8. The summed E-state index contributed by atoms with van der Waals surface area (Å²) in [5.41, 5.74) is 1.46. The van der Waals surface area contributed by atoms with Crippen LogP contribution in [0.5, 0.6) is 0 Å². The van der Waals surface area contributed by atoms with E-state index in [9.17, 15) is 14.9 Å². The molecular formula is C17H23N3O3. The molecule has 6 heteroatoms. The highest BCUT2D eigenvalue weighted by molar-refractivity contribution is 5.95. The second-order valence-corrected chi connectivity index (χ2v) is 6.73. The number of nitrogens with one attached hydrogen (secondary N) is 1. The number of amides is 1. The number of nitrogens with zero attached hydrogens (tertiary/aromatic N) is 2. The number of hydrogen-bond donors (Lipinski definition) is 1. The molecule has 1 aliphatic carbocycles. The topological polar surface area (TPSA) is 75.5 Å². The van der Waals surface area contributed by atoms with Crippen molar-refractivity contribution in [3.63, 3.8) is 0 Å². The van der Waals surface area contributed by atoms with E-state index in [0.717, 1.165) is 25.9 Å². The zero-order valence-corrected chi connectivity index (χ0v) is 13.5. The van der Waals surface area contributed by atoms with Crippen LogP contribution in [-0.2, 0) is 0 Å². The van der Waals surface area contributed by atoms with E-state index in [1.54, 1.807) is 12.1 Å². The summed E-state index contributed by atoms with van der Waals surface area (Å²) in [6.45, 7) is 1.72. The van der Waals surface area contributed by atoms with Crippen LogP contribution in [0.4, 0.5) is 11.4 Å². The Kier molecular flexibility index (Phi) is 4.24. The minimum Gasteiger partial charge on any atom is -0.366 e. The molecule has 1 aliphatic heterocycles. The molecule has 1 amide bonds. The van der Waals surface area contributed by atoms with E-state index >= 15 is 0 Å². The van der Waals surface area contributed by atoms with E-state index in [1.165, 1.54) is 38.8 Å². The lowest BCUT2D eigenvalue weighted by atomic mass is 9.77. The maximum atomic E-state index is 11.7. The Morgan fingerprint density at radius 2 is 1.87 bits per heavy atom. The lowest BCUT2D eigenvalue weighted by Crippen LogP contribution is -2.39. The fourth-order valence-corrected chi connectivity index (χ4v) is 4.07. The lowest BCUT2D eigenvalue weighted by molar-refractivity contribution is -0.384. The average Bonchev–Trinajstić information content (AvgIpc) is 3.02. The summed E-state index contributed by atoms with van der Waals surface area (Å²) in [5.74, 6) is -0.303. The molecule has 1 saturated heterocycles. The van der Waals surface area contributed by atoms with Crippen LogP contribution >= 0.6 is 0 Å². The van der Waals surface area contributed by atoms with Crippen LogP contribution < -0.4 is 10.2 Å². The fraction of sp³-hybridized carbons (Fsp3) is 0.588. The van der Waals surface area contributed by atoms with E-state index in [2.05, 4.69) is 10.2 Å². The molecule has 3 rings (SSSR count). The number of piperidine rings is 1. The molecule has 1 N–H and O–H groups in total. The van der Waals surface area contributed by atoms with E-state index in [1.807, 2.05) is 0 Å². The summed E-state index contributed by atoms with van der Waals surface area (Å²) in [6.07, 6.45) is 7.47. The average molecular weight is 317 g/mol. The molecule has 1 aromatic rings. The van der Waals surface area contributed by atoms with Gasteiger partial charge in [0.25, 0.3) is 11.6 Å². The van der Waals surface area contributed by atoms with Crippen molar-refractivity contribution in [1.29, 1.82) is 0 Å². The molecule has 0 radical (unpaired) electrons. The van der Waals surface area contributed by atoms with E-state index in [-0.39, 0.29) is 16.5 Å². The number of benzene rings is 1. The number of anilines is 1. The Morgan fingerprint density at radius 1 is 1.22 bits per heavy atom. The van der Waals surface area contributed by atoms with E-state index < -0.39 is 0 Å². The van der Waals surface area contributed by atoms with Crippen LogP contribution in [0.1, 0.15) is 48.9 Å². The summed E-state index contributed by atoms with van der Waals surface area (Å²) in [5, 5.41) is 13.9. The van der Waals surface area contributed by atoms with Gasteiger partial charge in [-0.05, 0) is 43.2 Å². The predicted molar refractivity (Wildman–Crippen MR) is 88.8 cm³/mol. The van der Waals surface area contributed by atoms with Gasteiger partial charge in [-0.3, -0.25) is 14.9 Å². The molecule has 1 saturated carbocycles. The van der Waals surface area contributed by atoms with E-state index in [0.29, 0.717) is 16.7 Å². The molecule has 0 unspecified atom stereocenters. The van der Waals surface area contributed by atoms with Crippen molar-refractivity contribution < 1.29 is 9.72 Å². The maximum absolute atomic E-state index is 11.7. The van der Waals surface area contributed by atoms with Crippen LogP contribution in [0.2, 0.25) is 0 Å². The summed E-state index contributed by atoms with van der Waals surface area (Å²) < 4.78 is 0. The normalized spacial score (nSPS) is 19.8. The Morgan fingerprint density at radius 3 is 2.43 bits per heavy atom. The van der Waals surface area contributed by atoms with Crippen molar-refractivity contribution in [2.45, 2.75) is 38.5 Å². The number of nitro benzene ring substituents is 1. The molecule has 2 aliphatic rings. The van der Waals surface area contributed by atoms with Crippen LogP contribution in [0.15, 0.2) is 18.2 Å². The molecule has 23 heavy (non-hydrogen) atoms. The third-order valence-corrected chi connectivity index (χ3v) is 5.49. The Labute approximate surface area is 136 Å². The first kappa shape index (κ1) is 15.8. The van der Waals surface area contributed by atoms with Gasteiger partial charge in [0, 0.05) is 31.8 Å². The molecule has 6 nitrogen and oxygen atoms in total. The predicted octanol–water partition coefficient (Wildman–Crippen LogP) is 3.12. The molecule has 124 valence electrons. The van der Waals surface area contributed by atoms with Crippen molar-refractivity contribution in [3.05, 3.63) is 33.9 Å². The molecule has 2 fully saturated rings. The smallest absolute Gasteiger partial charge is 0.293 e. The minimum atomic E-state index is -0.387. The highest BCUT2D eigenvalue weighted by Gasteiger charge is 2.38. The number of hydrogen-bond acceptors (Lipinski definition) is 4. The number of rotatable bonds is 3. The second-order valence-electron chi connectivity index (χ2n) is 6.73. The van der Waals surface area contributed by atoms with Crippen LogP contribution in [0.3, 0.4) is 0 Å². The van der Waals surface area contributed by atoms with Crippen molar-refractivity contribution >= 4 is 17.3 Å². The monoisotopic (exact) mass is 317 g/mol. The van der Waals surface area contributed by atoms with Gasteiger partial charge in [0.15, 0.2) is 0 Å². The first-order chi connectivity index (χ1) is 11.0. The molecule has 0 bridgehead atoms. The van der Waals surface area contributed by atoms with Gasteiger partial charge in [-0.25, -0.2) is 0 Å². The molecular weight excluding hydrogens is 294 g/mol. The van der Waals surface area contributed by atoms with Crippen molar-refractivity contribution in [2.24, 2.45) is 5.41 Å². The third-order valence-electron chi connectivity index (χ3n) is 5.49. The van der Waals surface area contributed by atoms with Gasteiger partial charge in [0.2, 0.25) is 0 Å². The number of carbonyl (C=O) groups is 1. The highest BCUT2D eigenvalue weighted by atomic mass is 16.6. The van der Waals surface area contributed by atoms with Gasteiger partial charge in [0.05, 0.1) is 4.92 Å². The summed E-state index contributed by atoms with van der Waals surface area (Å²) in [6, 6.07) is 4.77. The number of carbonyl (C=O) groups excluding carboxylic acids is 1. The van der Waals surface area contributed by atoms with Gasteiger partial charge in [-0.1, -0.05) is 12.8 Å². The van der Waals surface area contributed by atoms with Crippen LogP contribution in [-0.4, -0.2) is 31.0 Å². The van der Waals surface area contributed by atoms with Gasteiger partial charge < -0.3 is 10.2 Å². The summed E-state index contributed by atoms with van der Waals surface area (Å²) in [7, 11) is 1.52. The largest absolute Gasteiger partial charge is 0.366 e. The summed E-state index contributed by atoms with van der Waals surface area (Å²) >= 11 is 0. The van der Waals surface area contributed by atoms with Gasteiger partial charge in [-0.15, -0.1) is 0 Å². The first-order valence-electron chi connectivity index (χ1n) is 8.30. The molecule has 1 heterocycles. The van der Waals surface area contributed by atoms with E-state index in [4.69, 9.17) is 0 Å². The minimum absolute atomic E-state index is 0.0217. The second kappa shape index (κ2) is 6.18. The SMILES string of the molecule is CNC(=O)c1ccc(N2CCC3(CCCC3)CC2)c([N+](=O)[O-])c1. The van der Waals surface area contributed by atoms with Crippen LogP contribution in [0, 0.1) is 15.5 Å². The third kappa shape index (κ3) is 3.02. The van der Waals surface area contributed by atoms with Gasteiger partial charge in [0.1, 0.15) is 5.69 Å². The Bertz CT molecular complexity index is 614. The zero-order valence-electron chi connectivity index (χ0n) is 13.5. The Hall–Kier alpha value is -2.11. The quantitative estimate of drug-likeness (QED) is 0.686. The van der Waals surface area contributed by atoms with Crippen molar-refractivity contribution in [1.82, 2.24) is 5.32 Å². The van der Waals surface area contributed by atoms with Crippen LogP contribution in [0.25, 0.3) is 0 Å².